The van der Waals surface area contributed by atoms with E-state index in [9.17, 15) is 42.5 Å². The minimum absolute atomic E-state index is 0.0454. The van der Waals surface area contributed by atoms with Crippen molar-refractivity contribution < 1.29 is 65.7 Å². The molecule has 5 aliphatic rings. The zero-order valence-corrected chi connectivity index (χ0v) is 54.2. The number of likely N-dealkylation sites (tertiary alicyclic amines) is 1. The van der Waals surface area contributed by atoms with E-state index in [1.165, 1.54) is 24.4 Å². The summed E-state index contributed by atoms with van der Waals surface area (Å²) in [5.74, 6) is -1.46. The number of sulfonamides is 1. The summed E-state index contributed by atoms with van der Waals surface area (Å²) in [5.41, 5.74) is 4.97. The Bertz CT molecular complexity index is 4120. The molecule has 0 spiro atoms. The van der Waals surface area contributed by atoms with Crippen LogP contribution in [0.1, 0.15) is 62.3 Å². The topological polar surface area (TPSA) is 308 Å². The van der Waals surface area contributed by atoms with Gasteiger partial charge in [0.15, 0.2) is 0 Å². The third kappa shape index (κ3) is 16.1. The van der Waals surface area contributed by atoms with Crippen LogP contribution >= 0.6 is 11.6 Å². The summed E-state index contributed by atoms with van der Waals surface area (Å²) in [5, 5.41) is 22.1. The van der Waals surface area contributed by atoms with Gasteiger partial charge in [-0.15, -0.1) is 0 Å². The Kier molecular flexibility index (Phi) is 21.5. The van der Waals surface area contributed by atoms with Crippen molar-refractivity contribution in [3.63, 3.8) is 0 Å². The van der Waals surface area contributed by atoms with Crippen molar-refractivity contribution in [1.82, 2.24) is 34.7 Å². The highest BCUT2D eigenvalue weighted by molar-refractivity contribution is 7.90. The molecule has 0 aliphatic carbocycles. The van der Waals surface area contributed by atoms with Gasteiger partial charge in [0.05, 0.1) is 79.0 Å². The minimum atomic E-state index is -4.62. The molecule has 4 saturated heterocycles. The number of carbonyl (C=O) groups excluding carboxylic acids is 5. The van der Waals surface area contributed by atoms with E-state index in [2.05, 4.69) is 51.4 Å². The predicted molar refractivity (Wildman–Crippen MR) is 356 cm³/mol. The van der Waals surface area contributed by atoms with Gasteiger partial charge in [0.25, 0.3) is 33.4 Å². The number of nitro groups is 1. The molecule has 1 atom stereocenters. The number of fused-ring (bicyclic) bond motifs is 2. The number of pyridine rings is 1. The molecule has 96 heavy (non-hydrogen) atoms. The van der Waals surface area contributed by atoms with E-state index in [0.29, 0.717) is 133 Å². The van der Waals surface area contributed by atoms with Gasteiger partial charge in [0.2, 0.25) is 11.8 Å². The first kappa shape index (κ1) is 66.9. The fourth-order valence-corrected chi connectivity index (χ4v) is 13.6. The number of piperazine rings is 1. The van der Waals surface area contributed by atoms with E-state index >= 15 is 0 Å². The SMILES string of the molecule is O=C1CCC(N2C(=O)c3cccc(NCCOCCOCCOCCN4CC(COc5cccc(-c6ccc(Cl)cc6)c5CN5CCN(c6ccc(C(=O)NS(=O)(=O)c7ccc(NCC8CCOCC8)c([N+](=O)[O-])c7)c(Oc7cnc8[nH]ccc8c7)c6)CC5)C4)c3C2=O)C(=O)N1. The zero-order valence-electron chi connectivity index (χ0n) is 52.6. The number of aromatic nitrogens is 2. The number of nitrogens with zero attached hydrogens (tertiary/aromatic N) is 6. The quantitative estimate of drug-likeness (QED) is 0.0124. The Morgan fingerprint density at radius 3 is 2.28 bits per heavy atom. The average molecular weight is 1350 g/mol. The normalized spacial score (nSPS) is 17.3. The number of piperidine rings is 1. The number of H-pyrrole nitrogens is 1. The van der Waals surface area contributed by atoms with Crippen molar-refractivity contribution in [2.24, 2.45) is 11.8 Å². The van der Waals surface area contributed by atoms with Crippen LogP contribution in [0.4, 0.5) is 22.7 Å². The molecule has 0 saturated carbocycles. The van der Waals surface area contributed by atoms with Crippen LogP contribution in [0.3, 0.4) is 0 Å². The lowest BCUT2D eigenvalue weighted by atomic mass is 9.97. The summed E-state index contributed by atoms with van der Waals surface area (Å²) in [6, 6.07) is 29.9. The number of hydrogen-bond acceptors (Lipinski definition) is 21. The van der Waals surface area contributed by atoms with Gasteiger partial charge in [-0.2, -0.15) is 0 Å². The number of aromatic amines is 1. The third-order valence-corrected chi connectivity index (χ3v) is 19.3. The van der Waals surface area contributed by atoms with Gasteiger partial charge < -0.3 is 53.8 Å². The maximum atomic E-state index is 14.1. The van der Waals surface area contributed by atoms with Gasteiger partial charge in [-0.3, -0.25) is 49.2 Å². The Labute approximate surface area is 559 Å². The molecule has 4 fully saturated rings. The summed E-state index contributed by atoms with van der Waals surface area (Å²) in [6.45, 7) is 10.6. The zero-order chi connectivity index (χ0) is 66.7. The number of hydrogen-bond donors (Lipinski definition) is 5. The van der Waals surface area contributed by atoms with Crippen molar-refractivity contribution in [3.05, 3.63) is 159 Å². The molecule has 26 nitrogen and oxygen atoms in total. The molecule has 7 aromatic rings. The van der Waals surface area contributed by atoms with Crippen LogP contribution in [-0.4, -0.2) is 192 Å². The first-order chi connectivity index (χ1) is 46.6. The highest BCUT2D eigenvalue weighted by atomic mass is 35.5. The number of carbonyl (C=O) groups is 5. The molecular weight excluding hydrogens is 1280 g/mol. The van der Waals surface area contributed by atoms with Gasteiger partial charge in [-0.05, 0) is 103 Å². The van der Waals surface area contributed by atoms with Gasteiger partial charge in [-0.25, -0.2) is 18.1 Å². The summed E-state index contributed by atoms with van der Waals surface area (Å²) in [4.78, 5) is 91.2. The van der Waals surface area contributed by atoms with Crippen molar-refractivity contribution in [1.29, 1.82) is 0 Å². The Morgan fingerprint density at radius 1 is 0.760 bits per heavy atom. The van der Waals surface area contributed by atoms with E-state index in [4.69, 9.17) is 40.0 Å². The van der Waals surface area contributed by atoms with E-state index in [1.807, 2.05) is 42.5 Å². The lowest BCUT2D eigenvalue weighted by Crippen LogP contribution is -2.54. The summed E-state index contributed by atoms with van der Waals surface area (Å²) < 4.78 is 65.7. The van der Waals surface area contributed by atoms with Crippen LogP contribution in [0.15, 0.2) is 126 Å². The molecule has 28 heteroatoms. The largest absolute Gasteiger partial charge is 0.493 e. The maximum Gasteiger partial charge on any atom is 0.293 e. The monoisotopic (exact) mass is 1350 g/mol. The minimum Gasteiger partial charge on any atom is -0.493 e. The Morgan fingerprint density at radius 2 is 1.51 bits per heavy atom. The number of ether oxygens (including phenoxy) is 6. The second-order valence-electron chi connectivity index (χ2n) is 24.1. The standard InChI is InChI=1S/C68H74ClN11O15S/c69-48-9-7-46(8-10-48)52-3-2-6-60(94-43-45-40-77(41-45)26-30-92-32-34-93-33-31-91-29-21-70-57-5-1-4-54-63(57)68(85)79(67(54)84)58-15-16-62(81)74-66(58)83)55(52)42-76-22-24-78(25-23-76)49-11-13-53(61(36-49)95-50-35-47-17-20-71-64(47)73-39-50)65(82)75-96(88,89)51-12-14-56(59(37-51)80(86)87)72-38-44-18-27-90-28-19-44/h1-14,17,20,35-37,39,44-45,58,70,72H,15-16,18-19,21-34,38,40-43H2,(H,71,73)(H,75,82)(H,74,81,83). The molecule has 504 valence electrons. The lowest BCUT2D eigenvalue weighted by molar-refractivity contribution is -0.384. The number of halogens is 1. The molecule has 0 bridgehead atoms. The number of imide groups is 2. The van der Waals surface area contributed by atoms with Crippen LogP contribution in [0.25, 0.3) is 22.2 Å². The van der Waals surface area contributed by atoms with Crippen molar-refractivity contribution in [3.8, 4) is 28.4 Å². The molecule has 12 rings (SSSR count). The van der Waals surface area contributed by atoms with Crippen molar-refractivity contribution in [2.45, 2.75) is 43.2 Å². The summed E-state index contributed by atoms with van der Waals surface area (Å²) in [6.07, 6.45) is 4.97. The highest BCUT2D eigenvalue weighted by Crippen LogP contribution is 2.38. The van der Waals surface area contributed by atoms with Gasteiger partial charge >= 0.3 is 0 Å². The molecule has 5 amide bonds. The first-order valence-corrected chi connectivity index (χ1v) is 33.9. The molecular formula is C68H74ClN11O15S. The number of anilines is 3. The van der Waals surface area contributed by atoms with Crippen LogP contribution in [0, 0.1) is 22.0 Å². The van der Waals surface area contributed by atoms with Gasteiger partial charge in [0.1, 0.15) is 34.6 Å². The molecule has 5 aromatic carbocycles. The second-order valence-corrected chi connectivity index (χ2v) is 26.2. The van der Waals surface area contributed by atoms with Gasteiger partial charge in [-0.1, -0.05) is 41.9 Å². The third-order valence-electron chi connectivity index (χ3n) is 17.7. The molecule has 2 aromatic heterocycles. The molecule has 0 radical (unpaired) electrons. The van der Waals surface area contributed by atoms with E-state index < -0.39 is 61.1 Å². The van der Waals surface area contributed by atoms with Crippen LogP contribution in [0.5, 0.6) is 17.2 Å². The number of nitro benzene ring substituents is 1. The number of rotatable bonds is 30. The summed E-state index contributed by atoms with van der Waals surface area (Å²) >= 11 is 6.36. The molecule has 7 heterocycles. The fourth-order valence-electron chi connectivity index (χ4n) is 12.5. The fraction of sp³-hybridized carbons (Fsp3) is 0.382. The lowest BCUT2D eigenvalue weighted by Gasteiger charge is -2.39. The molecule has 1 unspecified atom stereocenters. The smallest absolute Gasteiger partial charge is 0.293 e. The number of amides is 5. The van der Waals surface area contributed by atoms with E-state index in [-0.39, 0.29) is 46.9 Å². The highest BCUT2D eigenvalue weighted by Gasteiger charge is 2.46. The van der Waals surface area contributed by atoms with Gasteiger partial charge in [0, 0.05) is 137 Å². The molecule has 5 aliphatic heterocycles. The second kappa shape index (κ2) is 30.8. The van der Waals surface area contributed by atoms with E-state index in [0.717, 1.165) is 77.0 Å². The van der Waals surface area contributed by atoms with Crippen LogP contribution in [-0.2, 0) is 45.1 Å². The van der Waals surface area contributed by atoms with E-state index in [1.54, 1.807) is 42.6 Å². The first-order valence-electron chi connectivity index (χ1n) is 32.1. The van der Waals surface area contributed by atoms with Crippen LogP contribution in [0.2, 0.25) is 5.02 Å². The molecule has 5 N–H and O–H groups in total. The number of nitrogens with one attached hydrogen (secondary N) is 5. The predicted octanol–water partition coefficient (Wildman–Crippen LogP) is 7.74. The van der Waals surface area contributed by atoms with Crippen molar-refractivity contribution >= 4 is 84.9 Å². The van der Waals surface area contributed by atoms with Crippen molar-refractivity contribution in [2.75, 3.05) is 134 Å². The summed E-state index contributed by atoms with van der Waals surface area (Å²) in [7, 11) is -4.62. The number of benzene rings is 5. The Hall–Kier alpha value is -9.06. The maximum absolute atomic E-state index is 14.1. The Balaban J connectivity index is 0.599. The van der Waals surface area contributed by atoms with Crippen LogP contribution < -0.4 is 35.0 Å². The average Bonchev–Trinajstić information content (AvgIpc) is 1.62.